The summed E-state index contributed by atoms with van der Waals surface area (Å²) in [5.74, 6) is -0.475. The van der Waals surface area contributed by atoms with Gasteiger partial charge in [0.15, 0.2) is 5.75 Å². The molecule has 0 bridgehead atoms. The van der Waals surface area contributed by atoms with Crippen molar-refractivity contribution in [3.63, 3.8) is 0 Å². The van der Waals surface area contributed by atoms with E-state index in [4.69, 9.17) is 46.4 Å². The number of phenols is 1. The van der Waals surface area contributed by atoms with Crippen LogP contribution >= 0.6 is 46.4 Å². The largest absolute Gasteiger partial charge is 0.504 e. The molecule has 11 heteroatoms. The monoisotopic (exact) mass is 421 g/mol. The van der Waals surface area contributed by atoms with Crippen molar-refractivity contribution < 1.29 is 19.9 Å². The molecule has 4 amide bonds. The van der Waals surface area contributed by atoms with Crippen molar-refractivity contribution in [2.75, 3.05) is 15.3 Å². The molecule has 0 radical (unpaired) electrons. The van der Waals surface area contributed by atoms with E-state index in [1.54, 1.807) is 0 Å². The van der Waals surface area contributed by atoms with Crippen LogP contribution in [0, 0.1) is 0 Å². The number of amides is 4. The quantitative estimate of drug-likeness (QED) is 0.578. The van der Waals surface area contributed by atoms with Crippen LogP contribution in [0.15, 0.2) is 24.3 Å². The zero-order chi connectivity index (χ0) is 18.5. The van der Waals surface area contributed by atoms with Gasteiger partial charge >= 0.3 is 12.1 Å². The Kier molecular flexibility index (Phi) is 4.61. The lowest BCUT2D eigenvalue weighted by molar-refractivity contribution is 0.226. The van der Waals surface area contributed by atoms with Crippen molar-refractivity contribution in [1.29, 1.82) is 0 Å². The molecule has 1 saturated heterocycles. The van der Waals surface area contributed by atoms with Crippen molar-refractivity contribution in [1.82, 2.24) is 0 Å². The van der Waals surface area contributed by atoms with E-state index >= 15 is 0 Å². The predicted molar refractivity (Wildman–Crippen MR) is 95.7 cm³/mol. The lowest BCUT2D eigenvalue weighted by atomic mass is 10.2. The number of aromatic hydroxyl groups is 1. The Morgan fingerprint density at radius 2 is 1.28 bits per heavy atom. The maximum atomic E-state index is 12.5. The molecule has 0 aromatic heterocycles. The molecule has 7 nitrogen and oxygen atoms in total. The molecule has 1 heterocycles. The highest BCUT2D eigenvalue weighted by Crippen LogP contribution is 2.44. The Balaban J connectivity index is 2.04. The lowest BCUT2D eigenvalue weighted by Gasteiger charge is -2.39. The molecule has 0 spiro atoms. The first-order chi connectivity index (χ1) is 11.8. The Morgan fingerprint density at radius 1 is 0.800 bits per heavy atom. The molecule has 3 N–H and O–H groups in total. The fourth-order valence-corrected chi connectivity index (χ4v) is 3.31. The van der Waals surface area contributed by atoms with Crippen LogP contribution in [-0.2, 0) is 0 Å². The number of nitrogens with one attached hydrogen (secondary N) is 1. The summed E-state index contributed by atoms with van der Waals surface area (Å²) >= 11 is 23.5. The summed E-state index contributed by atoms with van der Waals surface area (Å²) < 4.78 is 0. The highest BCUT2D eigenvalue weighted by atomic mass is 35.5. The lowest BCUT2D eigenvalue weighted by Crippen LogP contribution is -2.65. The van der Waals surface area contributed by atoms with E-state index in [1.807, 2.05) is 5.48 Å². The van der Waals surface area contributed by atoms with Gasteiger partial charge in [-0.2, -0.15) is 0 Å². The van der Waals surface area contributed by atoms with E-state index in [9.17, 15) is 19.9 Å². The molecule has 1 fully saturated rings. The molecule has 0 atom stereocenters. The smallest absolute Gasteiger partial charge is 0.345 e. The van der Waals surface area contributed by atoms with Gasteiger partial charge in [0.25, 0.3) is 0 Å². The van der Waals surface area contributed by atoms with Gasteiger partial charge in [0.2, 0.25) is 0 Å². The average molecular weight is 423 g/mol. The van der Waals surface area contributed by atoms with E-state index in [2.05, 4.69) is 0 Å². The minimum absolute atomic E-state index is 0.00213. The van der Waals surface area contributed by atoms with Gasteiger partial charge in [-0.25, -0.2) is 19.4 Å². The summed E-state index contributed by atoms with van der Waals surface area (Å²) in [6.45, 7) is 0. The van der Waals surface area contributed by atoms with Gasteiger partial charge in [-0.05, 0) is 24.3 Å². The average Bonchev–Trinajstić information content (AvgIpc) is 2.52. The number of imide groups is 2. The van der Waals surface area contributed by atoms with Crippen LogP contribution in [0.2, 0.25) is 20.1 Å². The molecule has 1 aliphatic rings. The van der Waals surface area contributed by atoms with Crippen LogP contribution in [0.1, 0.15) is 0 Å². The topological polar surface area (TPSA) is 93.1 Å². The summed E-state index contributed by atoms with van der Waals surface area (Å²) in [6.07, 6.45) is 0. The first kappa shape index (κ1) is 17.9. The number of urea groups is 2. The molecule has 0 unspecified atom stereocenters. The van der Waals surface area contributed by atoms with Crippen LogP contribution in [0.4, 0.5) is 26.7 Å². The number of rotatable bonds is 3. The Morgan fingerprint density at radius 3 is 1.84 bits per heavy atom. The number of anilines is 3. The summed E-state index contributed by atoms with van der Waals surface area (Å²) in [5.41, 5.74) is 1.51. The van der Waals surface area contributed by atoms with E-state index in [1.165, 1.54) is 24.3 Å². The second kappa shape index (κ2) is 6.44. The molecule has 1 aliphatic heterocycles. The van der Waals surface area contributed by atoms with Gasteiger partial charge in [-0.1, -0.05) is 46.4 Å². The van der Waals surface area contributed by atoms with E-state index in [0.717, 1.165) is 0 Å². The minimum atomic E-state index is -0.825. The fraction of sp³-hybridized carbons (Fsp3) is 0. The van der Waals surface area contributed by atoms with Gasteiger partial charge in [0.1, 0.15) is 11.4 Å². The zero-order valence-corrected chi connectivity index (χ0v) is 15.0. The van der Waals surface area contributed by atoms with E-state index in [-0.39, 0.29) is 37.2 Å². The van der Waals surface area contributed by atoms with Crippen molar-refractivity contribution in [3.8, 4) is 5.75 Å². The molecule has 2 aromatic rings. The highest BCUT2D eigenvalue weighted by molar-refractivity contribution is 6.45. The van der Waals surface area contributed by atoms with Crippen LogP contribution in [-0.4, -0.2) is 22.4 Å². The molecule has 130 valence electrons. The second-order valence-electron chi connectivity index (χ2n) is 4.88. The number of hydrogen-bond acceptors (Lipinski definition) is 5. The van der Waals surface area contributed by atoms with Gasteiger partial charge < -0.3 is 5.11 Å². The third-order valence-electron chi connectivity index (χ3n) is 3.40. The molecule has 3 rings (SSSR count). The normalized spacial score (nSPS) is 14.0. The number of halogens is 4. The van der Waals surface area contributed by atoms with E-state index in [0.29, 0.717) is 9.80 Å². The second-order valence-corrected chi connectivity index (χ2v) is 6.57. The SMILES string of the molecule is O=C1N(c2cc(Cl)cc(Cl)c2O)C(=O)N1c1cc(Cl)cc(Cl)c1NO. The number of carbonyl (C=O) groups is 2. The van der Waals surface area contributed by atoms with Crippen LogP contribution in [0.5, 0.6) is 5.75 Å². The highest BCUT2D eigenvalue weighted by Gasteiger charge is 2.48. The summed E-state index contributed by atoms with van der Waals surface area (Å²) in [7, 11) is 0. The molecule has 0 saturated carbocycles. The summed E-state index contributed by atoms with van der Waals surface area (Å²) in [5, 5.41) is 19.4. The van der Waals surface area contributed by atoms with Crippen molar-refractivity contribution in [2.45, 2.75) is 0 Å². The predicted octanol–water partition coefficient (Wildman–Crippen LogP) is 5.37. The zero-order valence-electron chi connectivity index (χ0n) is 11.9. The third-order valence-corrected chi connectivity index (χ3v) is 4.42. The van der Waals surface area contributed by atoms with Crippen LogP contribution in [0.25, 0.3) is 0 Å². The van der Waals surface area contributed by atoms with Gasteiger partial charge in [0, 0.05) is 10.0 Å². The van der Waals surface area contributed by atoms with Crippen molar-refractivity contribution in [3.05, 3.63) is 44.4 Å². The molecule has 25 heavy (non-hydrogen) atoms. The molecular weight excluding hydrogens is 416 g/mol. The first-order valence-corrected chi connectivity index (χ1v) is 8.02. The number of nitrogens with zero attached hydrogens (tertiary/aromatic N) is 2. The summed E-state index contributed by atoms with van der Waals surface area (Å²) in [6, 6.07) is 3.41. The van der Waals surface area contributed by atoms with Gasteiger partial charge in [-0.3, -0.25) is 10.7 Å². The standard InChI is InChI=1S/C14H7Cl4N3O4/c15-5-1-7(17)11(19-25)9(3-5)20-13(23)21(14(20)24)10-4-6(16)2-8(18)12(10)22/h1-4,19,22,25H. The Hall–Kier alpha value is -1.90. The van der Waals surface area contributed by atoms with Crippen LogP contribution < -0.4 is 15.3 Å². The summed E-state index contributed by atoms with van der Waals surface area (Å²) in [4.78, 5) is 26.3. The van der Waals surface area contributed by atoms with Gasteiger partial charge in [0.05, 0.1) is 15.7 Å². The van der Waals surface area contributed by atoms with Crippen molar-refractivity contribution >= 4 is 75.5 Å². The number of phenolic OH excluding ortho intramolecular Hbond substituents is 1. The molecule has 2 aromatic carbocycles. The number of benzene rings is 2. The Bertz CT molecular complexity index is 905. The van der Waals surface area contributed by atoms with Gasteiger partial charge in [-0.15, -0.1) is 0 Å². The fourth-order valence-electron chi connectivity index (χ4n) is 2.30. The first-order valence-electron chi connectivity index (χ1n) is 6.51. The third kappa shape index (κ3) is 2.84. The maximum Gasteiger partial charge on any atom is 0.345 e. The maximum absolute atomic E-state index is 12.5. The Labute approximate surface area is 160 Å². The molecule has 0 aliphatic carbocycles. The van der Waals surface area contributed by atoms with Crippen LogP contribution in [0.3, 0.4) is 0 Å². The minimum Gasteiger partial charge on any atom is -0.504 e. The molecular formula is C14H7Cl4N3O4. The number of carbonyl (C=O) groups excluding carboxylic acids is 2. The number of hydrogen-bond donors (Lipinski definition) is 3. The van der Waals surface area contributed by atoms with E-state index < -0.39 is 17.8 Å². The van der Waals surface area contributed by atoms with Crippen molar-refractivity contribution in [2.24, 2.45) is 0 Å².